The van der Waals surface area contributed by atoms with Gasteiger partial charge in [-0.15, -0.1) is 11.8 Å². The molecular weight excluding hydrogens is 268 g/mol. The van der Waals surface area contributed by atoms with E-state index < -0.39 is 0 Å². The van der Waals surface area contributed by atoms with Crippen molar-refractivity contribution >= 4 is 11.8 Å². The highest BCUT2D eigenvalue weighted by Gasteiger charge is 2.08. The van der Waals surface area contributed by atoms with Gasteiger partial charge in [-0.3, -0.25) is 16.0 Å². The number of nitrogens with zero attached hydrogens (tertiary/aromatic N) is 2. The lowest BCUT2D eigenvalue weighted by Gasteiger charge is -2.15. The van der Waals surface area contributed by atoms with Gasteiger partial charge in [0.2, 0.25) is 0 Å². The van der Waals surface area contributed by atoms with Crippen LogP contribution in [0.4, 0.5) is 0 Å². The molecule has 0 aliphatic heterocycles. The van der Waals surface area contributed by atoms with E-state index >= 15 is 0 Å². The van der Waals surface area contributed by atoms with Crippen LogP contribution in [0.25, 0.3) is 0 Å². The summed E-state index contributed by atoms with van der Waals surface area (Å²) in [7, 11) is 1.94. The van der Waals surface area contributed by atoms with E-state index in [2.05, 4.69) is 47.9 Å². The quantitative estimate of drug-likeness (QED) is 0.467. The number of aromatic nitrogens is 2. The van der Waals surface area contributed by atoms with Crippen molar-refractivity contribution in [3.8, 4) is 0 Å². The molecule has 0 fully saturated rings. The van der Waals surface area contributed by atoms with Crippen molar-refractivity contribution in [3.05, 3.63) is 47.8 Å². The summed E-state index contributed by atoms with van der Waals surface area (Å²) in [4.78, 5) is 1.30. The van der Waals surface area contributed by atoms with Crippen LogP contribution in [0.15, 0.2) is 41.6 Å². The summed E-state index contributed by atoms with van der Waals surface area (Å²) in [6, 6.07) is 8.87. The fraction of sp³-hybridized carbons (Fsp3) is 0.400. The first kappa shape index (κ1) is 15.1. The minimum absolute atomic E-state index is 0.306. The molecule has 1 heterocycles. The molecule has 1 unspecified atom stereocenters. The van der Waals surface area contributed by atoms with E-state index in [4.69, 9.17) is 5.84 Å². The van der Waals surface area contributed by atoms with E-state index in [0.717, 1.165) is 18.6 Å². The molecule has 4 nitrogen and oxygen atoms in total. The lowest BCUT2D eigenvalue weighted by Crippen LogP contribution is -2.37. The van der Waals surface area contributed by atoms with E-state index in [-0.39, 0.29) is 0 Å². The molecule has 5 heteroatoms. The maximum absolute atomic E-state index is 5.65. The van der Waals surface area contributed by atoms with Gasteiger partial charge in [-0.05, 0) is 37.5 Å². The monoisotopic (exact) mass is 290 g/mol. The molecule has 20 heavy (non-hydrogen) atoms. The van der Waals surface area contributed by atoms with Crippen molar-refractivity contribution in [3.63, 3.8) is 0 Å². The topological polar surface area (TPSA) is 55.9 Å². The van der Waals surface area contributed by atoms with Gasteiger partial charge >= 0.3 is 0 Å². The molecule has 1 atom stereocenters. The molecule has 0 bridgehead atoms. The van der Waals surface area contributed by atoms with Gasteiger partial charge in [-0.1, -0.05) is 17.7 Å². The Morgan fingerprint density at radius 3 is 2.95 bits per heavy atom. The average Bonchev–Trinajstić information content (AvgIpc) is 2.85. The van der Waals surface area contributed by atoms with Crippen LogP contribution >= 0.6 is 11.8 Å². The molecule has 0 saturated heterocycles. The van der Waals surface area contributed by atoms with Crippen LogP contribution in [0, 0.1) is 6.92 Å². The van der Waals surface area contributed by atoms with E-state index in [1.165, 1.54) is 16.0 Å². The molecule has 0 saturated carbocycles. The van der Waals surface area contributed by atoms with Crippen LogP contribution < -0.4 is 11.3 Å². The first-order valence-electron chi connectivity index (χ1n) is 6.80. The van der Waals surface area contributed by atoms with E-state index in [1.54, 1.807) is 0 Å². The second-order valence-corrected chi connectivity index (χ2v) is 6.15. The lowest BCUT2D eigenvalue weighted by molar-refractivity contribution is 0.539. The normalized spacial score (nSPS) is 12.6. The van der Waals surface area contributed by atoms with Crippen molar-refractivity contribution < 1.29 is 0 Å². The third-order valence-corrected chi connectivity index (χ3v) is 4.37. The van der Waals surface area contributed by atoms with Gasteiger partial charge in [0, 0.05) is 29.9 Å². The van der Waals surface area contributed by atoms with E-state index in [1.807, 2.05) is 29.7 Å². The van der Waals surface area contributed by atoms with Gasteiger partial charge in [0.05, 0.1) is 6.20 Å². The molecule has 1 aromatic carbocycles. The number of benzene rings is 1. The van der Waals surface area contributed by atoms with Crippen molar-refractivity contribution in [1.29, 1.82) is 0 Å². The molecule has 1 aromatic heterocycles. The summed E-state index contributed by atoms with van der Waals surface area (Å²) in [6.45, 7) is 2.12. The Labute approximate surface area is 124 Å². The molecule has 0 amide bonds. The molecule has 0 radical (unpaired) electrons. The fourth-order valence-corrected chi connectivity index (χ4v) is 3.16. The van der Waals surface area contributed by atoms with Crippen LogP contribution in [0.1, 0.15) is 17.5 Å². The predicted molar refractivity (Wildman–Crippen MR) is 84.5 cm³/mol. The zero-order valence-electron chi connectivity index (χ0n) is 12.0. The van der Waals surface area contributed by atoms with Crippen LogP contribution in [0.3, 0.4) is 0 Å². The molecule has 0 aliphatic carbocycles. The molecule has 0 spiro atoms. The second-order valence-electron chi connectivity index (χ2n) is 5.05. The number of hydrogen-bond acceptors (Lipinski definition) is 4. The summed E-state index contributed by atoms with van der Waals surface area (Å²) in [5.74, 6) is 6.62. The van der Waals surface area contributed by atoms with Crippen molar-refractivity contribution in [2.45, 2.75) is 30.7 Å². The van der Waals surface area contributed by atoms with Crippen molar-refractivity contribution in [2.75, 3.05) is 5.75 Å². The number of aryl methyl sites for hydroxylation is 3. The average molecular weight is 290 g/mol. The number of thioether (sulfide) groups is 1. The van der Waals surface area contributed by atoms with Gasteiger partial charge < -0.3 is 0 Å². The van der Waals surface area contributed by atoms with Gasteiger partial charge in [-0.2, -0.15) is 5.10 Å². The fourth-order valence-electron chi connectivity index (χ4n) is 2.06. The summed E-state index contributed by atoms with van der Waals surface area (Å²) in [6.07, 6.45) is 5.99. The van der Waals surface area contributed by atoms with Crippen LogP contribution in [0.2, 0.25) is 0 Å². The smallest absolute Gasteiger partial charge is 0.0521 e. The minimum atomic E-state index is 0.306. The molecule has 2 aromatic rings. The van der Waals surface area contributed by atoms with Gasteiger partial charge in [0.15, 0.2) is 0 Å². The van der Waals surface area contributed by atoms with Crippen molar-refractivity contribution in [1.82, 2.24) is 15.2 Å². The van der Waals surface area contributed by atoms with Crippen molar-refractivity contribution in [2.24, 2.45) is 12.9 Å². The first-order chi connectivity index (χ1) is 9.67. The van der Waals surface area contributed by atoms with Gasteiger partial charge in [0.1, 0.15) is 0 Å². The van der Waals surface area contributed by atoms with Crippen LogP contribution in [0.5, 0.6) is 0 Å². The van der Waals surface area contributed by atoms with Gasteiger partial charge in [-0.25, -0.2) is 0 Å². The van der Waals surface area contributed by atoms with Crippen LogP contribution in [-0.2, 0) is 13.5 Å². The highest BCUT2D eigenvalue weighted by molar-refractivity contribution is 7.99. The summed E-state index contributed by atoms with van der Waals surface area (Å²) in [5, 5.41) is 4.18. The Morgan fingerprint density at radius 1 is 1.45 bits per heavy atom. The molecule has 0 aliphatic rings. The highest BCUT2D eigenvalue weighted by atomic mass is 32.2. The second kappa shape index (κ2) is 7.47. The summed E-state index contributed by atoms with van der Waals surface area (Å²) >= 11 is 1.84. The summed E-state index contributed by atoms with van der Waals surface area (Å²) in [5.41, 5.74) is 5.47. The number of nitrogens with one attached hydrogen (secondary N) is 1. The minimum Gasteiger partial charge on any atom is -0.276 e. The number of rotatable bonds is 7. The maximum atomic E-state index is 5.65. The highest BCUT2D eigenvalue weighted by Crippen LogP contribution is 2.20. The Kier molecular flexibility index (Phi) is 5.64. The number of nitrogens with two attached hydrogens (primary N) is 1. The Hall–Kier alpha value is -1.30. The Morgan fingerprint density at radius 2 is 2.30 bits per heavy atom. The van der Waals surface area contributed by atoms with E-state index in [9.17, 15) is 0 Å². The number of hydrogen-bond donors (Lipinski definition) is 2. The Balaban J connectivity index is 1.80. The maximum Gasteiger partial charge on any atom is 0.0521 e. The SMILES string of the molecule is Cc1cccc(SCC(CCc2cnn(C)c2)NN)c1. The van der Waals surface area contributed by atoms with Gasteiger partial charge in [0.25, 0.3) is 0 Å². The third kappa shape index (κ3) is 4.67. The number of hydrazine groups is 1. The summed E-state index contributed by atoms with van der Waals surface area (Å²) < 4.78 is 1.84. The zero-order chi connectivity index (χ0) is 14.4. The third-order valence-electron chi connectivity index (χ3n) is 3.22. The van der Waals surface area contributed by atoms with Crippen LogP contribution in [-0.4, -0.2) is 21.6 Å². The zero-order valence-corrected chi connectivity index (χ0v) is 12.9. The predicted octanol–water partition coefficient (Wildman–Crippen LogP) is 2.29. The molecular formula is C15H22N4S. The molecule has 2 rings (SSSR count). The first-order valence-corrected chi connectivity index (χ1v) is 7.79. The largest absolute Gasteiger partial charge is 0.276 e. The standard InChI is InChI=1S/C15H22N4S/c1-12-4-3-5-15(8-12)20-11-14(18-16)7-6-13-9-17-19(2)10-13/h3-5,8-10,14,18H,6-7,11,16H2,1-2H3. The Bertz CT molecular complexity index is 538. The molecule has 3 N–H and O–H groups in total. The lowest BCUT2D eigenvalue weighted by atomic mass is 10.1. The molecule has 108 valence electrons. The van der Waals surface area contributed by atoms with E-state index in [0.29, 0.717) is 6.04 Å².